The van der Waals surface area contributed by atoms with Crippen molar-refractivity contribution in [3.63, 3.8) is 0 Å². The number of carbonyl (C=O) groups is 1. The van der Waals surface area contributed by atoms with E-state index in [9.17, 15) is 18.0 Å². The van der Waals surface area contributed by atoms with E-state index >= 15 is 0 Å². The van der Waals surface area contributed by atoms with E-state index in [1.54, 1.807) is 24.3 Å². The first-order valence-corrected chi connectivity index (χ1v) is 8.71. The smallest absolute Gasteiger partial charge is 0.445 e. The van der Waals surface area contributed by atoms with Gasteiger partial charge in [0.15, 0.2) is 0 Å². The van der Waals surface area contributed by atoms with Gasteiger partial charge in [0.1, 0.15) is 6.61 Å². The number of halogens is 3. The van der Waals surface area contributed by atoms with Gasteiger partial charge in [0.05, 0.1) is 0 Å². The minimum atomic E-state index is -4.30. The third-order valence-corrected chi connectivity index (χ3v) is 3.92. The van der Waals surface area contributed by atoms with Gasteiger partial charge in [-0.2, -0.15) is 13.2 Å². The largest absolute Gasteiger partial charge is 0.446 e. The molecule has 0 heterocycles. The molecule has 0 bridgehead atoms. The lowest BCUT2D eigenvalue weighted by Crippen LogP contribution is -2.24. The van der Waals surface area contributed by atoms with Gasteiger partial charge >= 0.3 is 11.6 Å². The van der Waals surface area contributed by atoms with Gasteiger partial charge in [0, 0.05) is 11.4 Å². The fourth-order valence-electron chi connectivity index (χ4n) is 2.07. The molecule has 0 fully saturated rings. The molecule has 7 heteroatoms. The van der Waals surface area contributed by atoms with Crippen molar-refractivity contribution >= 4 is 23.9 Å². The van der Waals surface area contributed by atoms with Crippen LogP contribution in [0.15, 0.2) is 65.6 Å². The van der Waals surface area contributed by atoms with Gasteiger partial charge in [-0.05, 0) is 41.4 Å². The Labute approximate surface area is 154 Å². The van der Waals surface area contributed by atoms with Gasteiger partial charge in [-0.3, -0.25) is 0 Å². The molecular formula is C19H18F3NO2S. The number of hydrogen-bond acceptors (Lipinski definition) is 3. The van der Waals surface area contributed by atoms with Crippen LogP contribution in [0.2, 0.25) is 0 Å². The van der Waals surface area contributed by atoms with Crippen LogP contribution in [0.1, 0.15) is 17.5 Å². The highest BCUT2D eigenvalue weighted by Crippen LogP contribution is 2.37. The average molecular weight is 381 g/mol. The Balaban J connectivity index is 1.69. The van der Waals surface area contributed by atoms with E-state index in [-0.39, 0.29) is 23.3 Å². The number of amides is 1. The van der Waals surface area contributed by atoms with Gasteiger partial charge in [-0.15, -0.1) is 0 Å². The van der Waals surface area contributed by atoms with Crippen molar-refractivity contribution < 1.29 is 22.7 Å². The third-order valence-electron chi connectivity index (χ3n) is 3.20. The summed E-state index contributed by atoms with van der Waals surface area (Å²) >= 11 is -0.141. The number of nitrogens with one attached hydrogen (secondary N) is 1. The standard InChI is InChI=1S/C19H18F3NO2S/c20-19(21,22)26-17-11-6-10-15(13-17)7-4-5-12-23-18(24)25-14-16-8-2-1-3-9-16/h1-4,6-11,13H,5,12,14H2,(H,23,24). The van der Waals surface area contributed by atoms with Crippen LogP contribution in [0.25, 0.3) is 6.08 Å². The lowest BCUT2D eigenvalue weighted by molar-refractivity contribution is -0.0328. The topological polar surface area (TPSA) is 38.3 Å². The molecular weight excluding hydrogens is 363 g/mol. The quantitative estimate of drug-likeness (QED) is 0.499. The molecule has 0 aliphatic carbocycles. The highest BCUT2D eigenvalue weighted by Gasteiger charge is 2.29. The predicted molar refractivity (Wildman–Crippen MR) is 96.6 cm³/mol. The van der Waals surface area contributed by atoms with Crippen LogP contribution in [-0.4, -0.2) is 18.1 Å². The van der Waals surface area contributed by atoms with Crippen LogP contribution in [0.5, 0.6) is 0 Å². The predicted octanol–water partition coefficient (Wildman–Crippen LogP) is 5.63. The first kappa shape index (κ1) is 19.9. The van der Waals surface area contributed by atoms with Crippen LogP contribution in [0.3, 0.4) is 0 Å². The summed E-state index contributed by atoms with van der Waals surface area (Å²) in [6.07, 6.45) is 3.54. The second-order valence-electron chi connectivity index (χ2n) is 5.30. The molecule has 2 rings (SSSR count). The molecule has 0 saturated heterocycles. The lowest BCUT2D eigenvalue weighted by Gasteiger charge is -2.06. The van der Waals surface area contributed by atoms with Crippen LogP contribution in [-0.2, 0) is 11.3 Å². The van der Waals surface area contributed by atoms with E-state index in [1.165, 1.54) is 12.1 Å². The highest BCUT2D eigenvalue weighted by atomic mass is 32.2. The Morgan fingerprint density at radius 3 is 2.62 bits per heavy atom. The number of benzene rings is 2. The summed E-state index contributed by atoms with van der Waals surface area (Å²) in [5.41, 5.74) is -2.73. The number of ether oxygens (including phenoxy) is 1. The summed E-state index contributed by atoms with van der Waals surface area (Å²) in [6.45, 7) is 0.577. The summed E-state index contributed by atoms with van der Waals surface area (Å²) in [5.74, 6) is 0. The van der Waals surface area contributed by atoms with Gasteiger partial charge in [-0.25, -0.2) is 4.79 Å². The molecule has 0 radical (unpaired) electrons. The fourth-order valence-corrected chi connectivity index (χ4v) is 2.68. The summed E-state index contributed by atoms with van der Waals surface area (Å²) in [6, 6.07) is 15.5. The Hall–Kier alpha value is -2.41. The van der Waals surface area contributed by atoms with Crippen LogP contribution < -0.4 is 5.32 Å². The number of carbonyl (C=O) groups excluding carboxylic acids is 1. The zero-order chi connectivity index (χ0) is 18.8. The Morgan fingerprint density at radius 2 is 1.88 bits per heavy atom. The summed E-state index contributed by atoms with van der Waals surface area (Å²) in [7, 11) is 0. The highest BCUT2D eigenvalue weighted by molar-refractivity contribution is 8.00. The van der Waals surface area contributed by atoms with Gasteiger partial charge in [0.25, 0.3) is 0 Å². The van der Waals surface area contributed by atoms with Gasteiger partial charge in [-0.1, -0.05) is 54.6 Å². The van der Waals surface area contributed by atoms with E-state index < -0.39 is 11.6 Å². The molecule has 0 spiro atoms. The zero-order valence-electron chi connectivity index (χ0n) is 13.8. The molecule has 0 atom stereocenters. The maximum absolute atomic E-state index is 12.4. The summed E-state index contributed by atoms with van der Waals surface area (Å²) < 4.78 is 42.2. The van der Waals surface area contributed by atoms with E-state index in [4.69, 9.17) is 4.74 Å². The van der Waals surface area contributed by atoms with E-state index in [0.717, 1.165) is 5.56 Å². The molecule has 1 N–H and O–H groups in total. The van der Waals surface area contributed by atoms with E-state index in [2.05, 4.69) is 5.32 Å². The van der Waals surface area contributed by atoms with Crippen LogP contribution in [0, 0.1) is 0 Å². The second-order valence-corrected chi connectivity index (χ2v) is 6.44. The van der Waals surface area contributed by atoms with Crippen molar-refractivity contribution in [2.24, 2.45) is 0 Å². The first-order valence-electron chi connectivity index (χ1n) is 7.89. The molecule has 0 aliphatic heterocycles. The summed E-state index contributed by atoms with van der Waals surface area (Å²) in [4.78, 5) is 11.7. The molecule has 26 heavy (non-hydrogen) atoms. The molecule has 0 saturated carbocycles. The van der Waals surface area contributed by atoms with Crippen molar-refractivity contribution in [2.45, 2.75) is 23.4 Å². The SMILES string of the molecule is O=C(NCCC=Cc1cccc(SC(F)(F)F)c1)OCc1ccccc1. The van der Waals surface area contributed by atoms with E-state index in [1.807, 2.05) is 30.3 Å². The van der Waals surface area contributed by atoms with Gasteiger partial charge < -0.3 is 10.1 Å². The molecule has 1 amide bonds. The maximum Gasteiger partial charge on any atom is 0.446 e. The third kappa shape index (κ3) is 8.11. The number of alkyl carbamates (subject to hydrolysis) is 1. The van der Waals surface area contributed by atoms with Crippen LogP contribution >= 0.6 is 11.8 Å². The van der Waals surface area contributed by atoms with Crippen molar-refractivity contribution in [1.82, 2.24) is 5.32 Å². The van der Waals surface area contributed by atoms with Crippen molar-refractivity contribution in [1.29, 1.82) is 0 Å². The monoisotopic (exact) mass is 381 g/mol. The lowest BCUT2D eigenvalue weighted by atomic mass is 10.2. The van der Waals surface area contributed by atoms with Crippen LogP contribution in [0.4, 0.5) is 18.0 Å². The molecule has 0 aromatic heterocycles. The van der Waals surface area contributed by atoms with Gasteiger partial charge in [0.2, 0.25) is 0 Å². The normalized spacial score (nSPS) is 11.5. The minimum absolute atomic E-state index is 0.141. The Morgan fingerprint density at radius 1 is 1.12 bits per heavy atom. The molecule has 0 aliphatic rings. The molecule has 0 unspecified atom stereocenters. The number of rotatable bonds is 7. The average Bonchev–Trinajstić information content (AvgIpc) is 2.59. The van der Waals surface area contributed by atoms with Crippen molar-refractivity contribution in [3.8, 4) is 0 Å². The van der Waals surface area contributed by atoms with Crippen molar-refractivity contribution in [2.75, 3.05) is 6.54 Å². The minimum Gasteiger partial charge on any atom is -0.445 e. The number of alkyl halides is 3. The molecule has 2 aromatic carbocycles. The fraction of sp³-hybridized carbons (Fsp3) is 0.211. The second kappa shape index (κ2) is 9.91. The number of hydrogen-bond donors (Lipinski definition) is 1. The summed E-state index contributed by atoms with van der Waals surface area (Å²) in [5, 5.41) is 2.62. The first-order chi connectivity index (χ1) is 12.4. The zero-order valence-corrected chi connectivity index (χ0v) is 14.6. The van der Waals surface area contributed by atoms with E-state index in [0.29, 0.717) is 18.5 Å². The molecule has 2 aromatic rings. The Kier molecular flexibility index (Phi) is 7.59. The van der Waals surface area contributed by atoms with Crippen molar-refractivity contribution in [3.05, 3.63) is 71.8 Å². The molecule has 3 nitrogen and oxygen atoms in total. The Bertz CT molecular complexity index is 733. The maximum atomic E-state index is 12.4. The number of thioether (sulfide) groups is 1. The molecule has 138 valence electrons.